The zero-order valence-electron chi connectivity index (χ0n) is 20.2. The number of aromatic nitrogens is 3. The smallest absolute Gasteiger partial charge is 0.338 e. The third kappa shape index (κ3) is 4.00. The van der Waals surface area contributed by atoms with E-state index in [1.165, 1.54) is 11.3 Å². The maximum atomic E-state index is 13.7. The molecule has 0 saturated heterocycles. The third-order valence-corrected chi connectivity index (χ3v) is 6.94. The fourth-order valence-corrected chi connectivity index (χ4v) is 5.28. The van der Waals surface area contributed by atoms with Crippen LogP contribution >= 0.6 is 11.3 Å². The monoisotopic (exact) mass is 480 g/mol. The lowest BCUT2D eigenvalue weighted by atomic mass is 9.96. The van der Waals surface area contributed by atoms with Crippen LogP contribution < -0.4 is 19.6 Å². The molecule has 0 amide bonds. The van der Waals surface area contributed by atoms with Gasteiger partial charge in [0.15, 0.2) is 4.80 Å². The number of allylic oxidation sites excluding steroid dienone is 1. The van der Waals surface area contributed by atoms with Crippen LogP contribution in [-0.2, 0) is 16.1 Å². The van der Waals surface area contributed by atoms with Crippen LogP contribution in [0.25, 0.3) is 6.08 Å². The molecule has 0 saturated carbocycles. The number of ether oxygens (including phenoxy) is 2. The Labute approximate surface area is 201 Å². The first-order valence-electron chi connectivity index (χ1n) is 11.2. The van der Waals surface area contributed by atoms with Crippen molar-refractivity contribution in [1.29, 1.82) is 0 Å². The number of hydrogen-bond donors (Lipinski definition) is 0. The van der Waals surface area contributed by atoms with Gasteiger partial charge in [-0.05, 0) is 58.4 Å². The lowest BCUT2D eigenvalue weighted by molar-refractivity contribution is -0.139. The zero-order valence-corrected chi connectivity index (χ0v) is 21.0. The van der Waals surface area contributed by atoms with Crippen molar-refractivity contribution in [1.82, 2.24) is 14.3 Å². The highest BCUT2D eigenvalue weighted by Crippen LogP contribution is 2.31. The molecule has 0 aliphatic carbocycles. The molecule has 4 rings (SSSR count). The standard InChI is InChI=1S/C25H28N4O4S/c1-7-28-16(5)19(14(3)27-28)13-20-23(30)29-22(17-9-11-18(32-6)12-10-17)21(24(31)33-8-2)15(4)26-25(29)34-20/h9-13,22H,7-8H2,1-6H3. The predicted octanol–water partition coefficient (Wildman–Crippen LogP) is 2.64. The minimum Gasteiger partial charge on any atom is -0.497 e. The van der Waals surface area contributed by atoms with E-state index in [1.807, 2.05) is 55.8 Å². The first-order chi connectivity index (χ1) is 16.3. The van der Waals surface area contributed by atoms with E-state index in [2.05, 4.69) is 10.1 Å². The van der Waals surface area contributed by atoms with Crippen molar-refractivity contribution in [3.8, 4) is 5.75 Å². The van der Waals surface area contributed by atoms with Gasteiger partial charge >= 0.3 is 5.97 Å². The number of thiazole rings is 1. The van der Waals surface area contributed by atoms with Crippen LogP contribution in [0.5, 0.6) is 5.75 Å². The van der Waals surface area contributed by atoms with Gasteiger partial charge in [0.1, 0.15) is 5.75 Å². The molecular formula is C25H28N4O4S. The second kappa shape index (κ2) is 9.42. The zero-order chi connectivity index (χ0) is 24.6. The number of nitrogens with zero attached hydrogens (tertiary/aromatic N) is 4. The fourth-order valence-electron chi connectivity index (χ4n) is 4.25. The van der Waals surface area contributed by atoms with E-state index < -0.39 is 12.0 Å². The number of fused-ring (bicyclic) bond motifs is 1. The second-order valence-corrected chi connectivity index (χ2v) is 8.98. The van der Waals surface area contributed by atoms with E-state index >= 15 is 0 Å². The molecule has 34 heavy (non-hydrogen) atoms. The molecule has 178 valence electrons. The lowest BCUT2D eigenvalue weighted by Crippen LogP contribution is -2.39. The summed E-state index contributed by atoms with van der Waals surface area (Å²) in [7, 11) is 1.59. The largest absolute Gasteiger partial charge is 0.497 e. The quantitative estimate of drug-likeness (QED) is 0.506. The van der Waals surface area contributed by atoms with Crippen molar-refractivity contribution in [2.45, 2.75) is 47.2 Å². The van der Waals surface area contributed by atoms with Crippen LogP contribution in [0.15, 0.2) is 45.3 Å². The molecule has 0 radical (unpaired) electrons. The molecule has 1 aromatic carbocycles. The van der Waals surface area contributed by atoms with Gasteiger partial charge in [0.2, 0.25) is 0 Å². The van der Waals surface area contributed by atoms with Crippen molar-refractivity contribution in [2.24, 2.45) is 4.99 Å². The Hall–Kier alpha value is -3.46. The van der Waals surface area contributed by atoms with Gasteiger partial charge in [-0.15, -0.1) is 0 Å². The summed E-state index contributed by atoms with van der Waals surface area (Å²) in [5, 5.41) is 4.56. The summed E-state index contributed by atoms with van der Waals surface area (Å²) in [4.78, 5) is 31.8. The Kier molecular flexibility index (Phi) is 6.56. The van der Waals surface area contributed by atoms with E-state index in [0.717, 1.165) is 29.1 Å². The summed E-state index contributed by atoms with van der Waals surface area (Å²) in [6, 6.07) is 6.70. The van der Waals surface area contributed by atoms with E-state index in [-0.39, 0.29) is 12.2 Å². The van der Waals surface area contributed by atoms with Crippen molar-refractivity contribution in [3.05, 3.63) is 77.7 Å². The molecule has 8 nitrogen and oxygen atoms in total. The van der Waals surface area contributed by atoms with Crippen molar-refractivity contribution in [3.63, 3.8) is 0 Å². The Morgan fingerprint density at radius 1 is 1.18 bits per heavy atom. The van der Waals surface area contributed by atoms with E-state index in [9.17, 15) is 9.59 Å². The summed E-state index contributed by atoms with van der Waals surface area (Å²) in [5.74, 6) is 0.211. The van der Waals surface area contributed by atoms with Gasteiger partial charge in [-0.2, -0.15) is 5.10 Å². The van der Waals surface area contributed by atoms with Gasteiger partial charge in [-0.25, -0.2) is 9.79 Å². The summed E-state index contributed by atoms with van der Waals surface area (Å²) in [6.45, 7) is 10.5. The molecule has 3 aromatic rings. The summed E-state index contributed by atoms with van der Waals surface area (Å²) < 4.78 is 14.7. The van der Waals surface area contributed by atoms with Gasteiger partial charge in [0.05, 0.1) is 41.3 Å². The molecule has 3 heterocycles. The minimum absolute atomic E-state index is 0.207. The van der Waals surface area contributed by atoms with Crippen molar-refractivity contribution in [2.75, 3.05) is 13.7 Å². The molecule has 9 heteroatoms. The van der Waals surface area contributed by atoms with Crippen LogP contribution in [0.1, 0.15) is 49.3 Å². The number of carbonyl (C=O) groups excluding carboxylic acids is 1. The highest BCUT2D eigenvalue weighted by atomic mass is 32.1. The van der Waals surface area contributed by atoms with Gasteiger partial charge in [-0.1, -0.05) is 23.5 Å². The molecule has 1 aliphatic heterocycles. The van der Waals surface area contributed by atoms with Crippen molar-refractivity contribution >= 4 is 23.4 Å². The van der Waals surface area contributed by atoms with Crippen LogP contribution in [0, 0.1) is 13.8 Å². The molecule has 0 fully saturated rings. The highest BCUT2D eigenvalue weighted by molar-refractivity contribution is 7.07. The highest BCUT2D eigenvalue weighted by Gasteiger charge is 2.33. The van der Waals surface area contributed by atoms with Gasteiger partial charge < -0.3 is 9.47 Å². The number of esters is 1. The number of carbonyl (C=O) groups is 1. The SMILES string of the molecule is CCOC(=O)C1=C(C)N=c2sc(=Cc3c(C)nn(CC)c3C)c(=O)n2C1c1ccc(OC)cc1. The third-order valence-electron chi connectivity index (χ3n) is 5.96. The molecule has 1 aliphatic rings. The van der Waals surface area contributed by atoms with Crippen LogP contribution in [0.2, 0.25) is 0 Å². The normalized spacial score (nSPS) is 15.8. The van der Waals surface area contributed by atoms with Crippen LogP contribution in [-0.4, -0.2) is 34.0 Å². The minimum atomic E-state index is -0.649. The topological polar surface area (TPSA) is 87.7 Å². The molecule has 0 spiro atoms. The molecule has 1 unspecified atom stereocenters. The number of rotatable bonds is 6. The summed E-state index contributed by atoms with van der Waals surface area (Å²) in [6.07, 6.45) is 1.88. The molecular weight excluding hydrogens is 452 g/mol. The van der Waals surface area contributed by atoms with Gasteiger partial charge in [-0.3, -0.25) is 14.0 Å². The second-order valence-electron chi connectivity index (χ2n) is 7.98. The van der Waals surface area contributed by atoms with Gasteiger partial charge in [0, 0.05) is 17.8 Å². The Bertz CT molecular complexity index is 1460. The maximum Gasteiger partial charge on any atom is 0.338 e. The van der Waals surface area contributed by atoms with E-state index in [4.69, 9.17) is 9.47 Å². The number of benzene rings is 1. The number of methoxy groups -OCH3 is 1. The Balaban J connectivity index is 1.96. The van der Waals surface area contributed by atoms with Crippen molar-refractivity contribution < 1.29 is 14.3 Å². The molecule has 1 atom stereocenters. The maximum absolute atomic E-state index is 13.7. The number of aryl methyl sites for hydroxylation is 2. The van der Waals surface area contributed by atoms with Gasteiger partial charge in [0.25, 0.3) is 5.56 Å². The van der Waals surface area contributed by atoms with Crippen LogP contribution in [0.3, 0.4) is 0 Å². The average Bonchev–Trinajstić information content (AvgIpc) is 3.28. The van der Waals surface area contributed by atoms with E-state index in [1.54, 1.807) is 25.5 Å². The van der Waals surface area contributed by atoms with Crippen LogP contribution in [0.4, 0.5) is 0 Å². The first kappa shape index (κ1) is 23.7. The predicted molar refractivity (Wildman–Crippen MR) is 131 cm³/mol. The molecule has 0 N–H and O–H groups in total. The summed E-state index contributed by atoms with van der Waals surface area (Å²) >= 11 is 1.31. The lowest BCUT2D eigenvalue weighted by Gasteiger charge is -2.24. The molecule has 0 bridgehead atoms. The summed E-state index contributed by atoms with van der Waals surface area (Å²) in [5.41, 5.74) is 4.25. The number of hydrogen-bond acceptors (Lipinski definition) is 7. The Morgan fingerprint density at radius 3 is 2.47 bits per heavy atom. The Morgan fingerprint density at radius 2 is 1.88 bits per heavy atom. The molecule has 2 aromatic heterocycles. The fraction of sp³-hybridized carbons (Fsp3) is 0.360. The van der Waals surface area contributed by atoms with E-state index in [0.29, 0.717) is 26.4 Å². The average molecular weight is 481 g/mol. The first-order valence-corrected chi connectivity index (χ1v) is 12.0.